The van der Waals surface area contributed by atoms with E-state index in [4.69, 9.17) is 0 Å². The van der Waals surface area contributed by atoms with E-state index in [1.165, 1.54) is 5.52 Å². The van der Waals surface area contributed by atoms with Crippen molar-refractivity contribution < 1.29 is 0 Å². The Bertz CT molecular complexity index is 972. The normalized spacial score (nSPS) is 11.3. The molecular weight excluding hydrogens is 479 g/mol. The summed E-state index contributed by atoms with van der Waals surface area (Å²) in [5.74, 6) is 3.49. The molecule has 2 N–H and O–H groups in total. The predicted molar refractivity (Wildman–Crippen MR) is 128 cm³/mol. The van der Waals surface area contributed by atoms with Gasteiger partial charge in [0.25, 0.3) is 0 Å². The minimum Gasteiger partial charge on any atom is -0.356 e. The molecule has 0 bridgehead atoms. The summed E-state index contributed by atoms with van der Waals surface area (Å²) in [6.45, 7) is 10.5. The van der Waals surface area contributed by atoms with Gasteiger partial charge in [0.15, 0.2) is 11.8 Å². The number of guanidine groups is 1. The largest absolute Gasteiger partial charge is 0.356 e. The molecule has 0 amide bonds. The van der Waals surface area contributed by atoms with Crippen molar-refractivity contribution in [3.05, 3.63) is 54.4 Å². The zero-order chi connectivity index (χ0) is 19.9. The minimum absolute atomic E-state index is 0. The third-order valence-corrected chi connectivity index (χ3v) is 4.67. The molecule has 0 spiro atoms. The van der Waals surface area contributed by atoms with Crippen molar-refractivity contribution in [3.63, 3.8) is 0 Å². The van der Waals surface area contributed by atoms with Gasteiger partial charge in [-0.1, -0.05) is 18.2 Å². The van der Waals surface area contributed by atoms with E-state index < -0.39 is 0 Å². The first kappa shape index (κ1) is 22.9. The first-order valence-electron chi connectivity index (χ1n) is 9.50. The smallest absolute Gasteiger partial charge is 0.191 e. The fraction of sp³-hybridized carbons (Fsp3) is 0.400. The summed E-state index contributed by atoms with van der Waals surface area (Å²) in [6, 6.07) is 8.24. The van der Waals surface area contributed by atoms with Crippen LogP contribution in [0.25, 0.3) is 11.0 Å². The third kappa shape index (κ3) is 5.78. The van der Waals surface area contributed by atoms with Gasteiger partial charge in [-0.3, -0.25) is 0 Å². The second kappa shape index (κ2) is 10.9. The summed E-state index contributed by atoms with van der Waals surface area (Å²) in [5, 5.41) is 14.9. The molecule has 2 heterocycles. The zero-order valence-electron chi connectivity index (χ0n) is 17.2. The van der Waals surface area contributed by atoms with E-state index in [0.29, 0.717) is 13.1 Å². The number of imidazole rings is 1. The molecule has 3 rings (SSSR count). The van der Waals surface area contributed by atoms with Crippen LogP contribution in [0.4, 0.5) is 0 Å². The molecule has 0 fully saturated rings. The van der Waals surface area contributed by atoms with Crippen molar-refractivity contribution in [1.82, 2.24) is 34.9 Å². The van der Waals surface area contributed by atoms with Crippen LogP contribution in [0.5, 0.6) is 0 Å². The van der Waals surface area contributed by atoms with Gasteiger partial charge in [-0.05, 0) is 32.4 Å². The van der Waals surface area contributed by atoms with Crippen LogP contribution >= 0.6 is 24.0 Å². The molecule has 0 atom stereocenters. The molecule has 0 saturated heterocycles. The van der Waals surface area contributed by atoms with Crippen molar-refractivity contribution in [2.24, 2.45) is 12.0 Å². The molecule has 2 aromatic heterocycles. The summed E-state index contributed by atoms with van der Waals surface area (Å²) in [4.78, 5) is 9.23. The van der Waals surface area contributed by atoms with Crippen LogP contribution in [0, 0.1) is 13.8 Å². The Hall–Kier alpha value is -2.43. The molecule has 29 heavy (non-hydrogen) atoms. The van der Waals surface area contributed by atoms with E-state index in [2.05, 4.69) is 67.1 Å². The number of nitrogens with one attached hydrogen (secondary N) is 2. The fourth-order valence-corrected chi connectivity index (χ4v) is 3.00. The Kier molecular flexibility index (Phi) is 8.62. The molecule has 0 aliphatic carbocycles. The molecule has 0 unspecified atom stereocenters. The molecule has 8 nitrogen and oxygen atoms in total. The van der Waals surface area contributed by atoms with E-state index in [9.17, 15) is 0 Å². The number of halogens is 1. The number of hydrogen-bond acceptors (Lipinski definition) is 4. The first-order chi connectivity index (χ1) is 13.6. The molecule has 0 radical (unpaired) electrons. The molecule has 3 aromatic rings. The zero-order valence-corrected chi connectivity index (χ0v) is 19.6. The lowest BCUT2D eigenvalue weighted by Crippen LogP contribution is -2.38. The average molecular weight is 508 g/mol. The van der Waals surface area contributed by atoms with E-state index in [-0.39, 0.29) is 24.0 Å². The highest BCUT2D eigenvalue weighted by Crippen LogP contribution is 2.15. The van der Waals surface area contributed by atoms with Crippen LogP contribution in [-0.2, 0) is 20.1 Å². The van der Waals surface area contributed by atoms with Crippen LogP contribution in [0.1, 0.15) is 23.9 Å². The van der Waals surface area contributed by atoms with E-state index in [1.54, 1.807) is 0 Å². The second-order valence-electron chi connectivity index (χ2n) is 6.64. The fourth-order valence-electron chi connectivity index (χ4n) is 3.00. The van der Waals surface area contributed by atoms with Gasteiger partial charge in [0.2, 0.25) is 0 Å². The van der Waals surface area contributed by atoms with Crippen LogP contribution in [0.2, 0.25) is 0 Å². The lowest BCUT2D eigenvalue weighted by molar-refractivity contribution is 0.624. The summed E-state index contributed by atoms with van der Waals surface area (Å²) < 4.78 is 4.20. The van der Waals surface area contributed by atoms with Crippen molar-refractivity contribution in [2.45, 2.75) is 33.4 Å². The number of hydrogen-bond donors (Lipinski definition) is 2. The summed E-state index contributed by atoms with van der Waals surface area (Å²) >= 11 is 0. The monoisotopic (exact) mass is 508 g/mol. The number of rotatable bonds is 8. The number of aromatic nitrogens is 5. The van der Waals surface area contributed by atoms with Gasteiger partial charge in [-0.2, -0.15) is 0 Å². The number of benzene rings is 1. The summed E-state index contributed by atoms with van der Waals surface area (Å²) in [7, 11) is 1.95. The van der Waals surface area contributed by atoms with Gasteiger partial charge < -0.3 is 19.8 Å². The first-order valence-corrected chi connectivity index (χ1v) is 9.50. The molecule has 0 aliphatic rings. The maximum Gasteiger partial charge on any atom is 0.191 e. The minimum atomic E-state index is 0. The predicted octanol–water partition coefficient (Wildman–Crippen LogP) is 2.71. The number of para-hydroxylation sites is 2. The van der Waals surface area contributed by atoms with Gasteiger partial charge >= 0.3 is 0 Å². The maximum atomic E-state index is 4.62. The topological polar surface area (TPSA) is 85.0 Å². The second-order valence-corrected chi connectivity index (χ2v) is 6.64. The Morgan fingerprint density at radius 1 is 1.17 bits per heavy atom. The highest BCUT2D eigenvalue weighted by molar-refractivity contribution is 14.0. The number of aryl methyl sites for hydroxylation is 3. The molecule has 1 aromatic carbocycles. The van der Waals surface area contributed by atoms with Crippen LogP contribution in [0.15, 0.2) is 41.9 Å². The number of aliphatic imine (C=N–C) groups is 1. The van der Waals surface area contributed by atoms with Crippen molar-refractivity contribution in [2.75, 3.05) is 13.1 Å². The van der Waals surface area contributed by atoms with Crippen LogP contribution < -0.4 is 10.6 Å². The van der Waals surface area contributed by atoms with E-state index >= 15 is 0 Å². The SMILES string of the molecule is C=CCNC(=NCc1nnc(C)n1C)NCCCn1c(C)nc2ccccc21.I. The Balaban J connectivity index is 0.00000300. The van der Waals surface area contributed by atoms with E-state index in [1.807, 2.05) is 30.7 Å². The molecule has 0 saturated carbocycles. The van der Waals surface area contributed by atoms with Gasteiger partial charge in [-0.25, -0.2) is 9.98 Å². The van der Waals surface area contributed by atoms with Crippen LogP contribution in [0.3, 0.4) is 0 Å². The Labute approximate surface area is 188 Å². The number of fused-ring (bicyclic) bond motifs is 1. The lowest BCUT2D eigenvalue weighted by atomic mass is 10.3. The van der Waals surface area contributed by atoms with Gasteiger partial charge in [0.1, 0.15) is 18.2 Å². The van der Waals surface area contributed by atoms with Crippen molar-refractivity contribution in [3.8, 4) is 0 Å². The quantitative estimate of drug-likeness (QED) is 0.161. The number of nitrogens with zero attached hydrogens (tertiary/aromatic N) is 6. The average Bonchev–Trinajstić information content (AvgIpc) is 3.19. The molecule has 156 valence electrons. The summed E-state index contributed by atoms with van der Waals surface area (Å²) in [5.41, 5.74) is 2.22. The Morgan fingerprint density at radius 3 is 2.69 bits per heavy atom. The lowest BCUT2D eigenvalue weighted by Gasteiger charge is -2.12. The van der Waals surface area contributed by atoms with E-state index in [0.717, 1.165) is 48.5 Å². The van der Waals surface area contributed by atoms with Crippen molar-refractivity contribution in [1.29, 1.82) is 0 Å². The molecule has 0 aliphatic heterocycles. The molecule has 9 heteroatoms. The van der Waals surface area contributed by atoms with Crippen LogP contribution in [-0.4, -0.2) is 43.4 Å². The standard InChI is InChI=1S/C20H28N8.HI/c1-5-11-21-20(23-14-19-26-25-16(3)27(19)4)22-12-8-13-28-15(2)24-17-9-6-7-10-18(17)28;/h5-7,9-10H,1,8,11-14H2,2-4H3,(H2,21,22,23);1H. The highest BCUT2D eigenvalue weighted by Gasteiger charge is 2.07. The maximum absolute atomic E-state index is 4.62. The Morgan fingerprint density at radius 2 is 1.97 bits per heavy atom. The van der Waals surface area contributed by atoms with Gasteiger partial charge in [-0.15, -0.1) is 40.8 Å². The van der Waals surface area contributed by atoms with Gasteiger partial charge in [0.05, 0.1) is 11.0 Å². The van der Waals surface area contributed by atoms with Crippen molar-refractivity contribution >= 4 is 41.0 Å². The summed E-state index contributed by atoms with van der Waals surface area (Å²) in [6.07, 6.45) is 2.77. The highest BCUT2D eigenvalue weighted by atomic mass is 127. The molecular formula is C20H29IN8. The third-order valence-electron chi connectivity index (χ3n) is 4.67. The van der Waals surface area contributed by atoms with Gasteiger partial charge in [0, 0.05) is 26.7 Å².